The van der Waals surface area contributed by atoms with Gasteiger partial charge in [-0.25, -0.2) is 4.39 Å². The van der Waals surface area contributed by atoms with Crippen molar-refractivity contribution in [2.45, 2.75) is 26.7 Å². The van der Waals surface area contributed by atoms with Crippen LogP contribution in [0.15, 0.2) is 18.2 Å². The first kappa shape index (κ1) is 16.4. The fourth-order valence-electron chi connectivity index (χ4n) is 2.01. The van der Waals surface area contributed by atoms with Crippen LogP contribution < -0.4 is 5.32 Å². The summed E-state index contributed by atoms with van der Waals surface area (Å²) in [6.07, 6.45) is 1.63. The monoisotopic (exact) mass is 282 g/mol. The molecule has 0 fully saturated rings. The molecule has 0 aliphatic carbocycles. The molecule has 20 heavy (non-hydrogen) atoms. The highest BCUT2D eigenvalue weighted by Crippen LogP contribution is 2.21. The average molecular weight is 282 g/mol. The molecule has 0 radical (unpaired) electrons. The summed E-state index contributed by atoms with van der Waals surface area (Å²) in [6, 6.07) is 4.48. The SMILES string of the molecule is CCCNc1c(F)cccc1C(=O)N(CCC)CCO. The van der Waals surface area contributed by atoms with Gasteiger partial charge in [-0.2, -0.15) is 0 Å². The molecule has 0 saturated carbocycles. The van der Waals surface area contributed by atoms with Crippen LogP contribution in [0.4, 0.5) is 10.1 Å². The van der Waals surface area contributed by atoms with Gasteiger partial charge in [0, 0.05) is 19.6 Å². The van der Waals surface area contributed by atoms with Gasteiger partial charge in [0.15, 0.2) is 0 Å². The van der Waals surface area contributed by atoms with E-state index in [1.165, 1.54) is 12.1 Å². The highest BCUT2D eigenvalue weighted by Gasteiger charge is 2.19. The summed E-state index contributed by atoms with van der Waals surface area (Å²) in [5.41, 5.74) is 0.568. The van der Waals surface area contributed by atoms with Gasteiger partial charge >= 0.3 is 0 Å². The molecule has 5 heteroatoms. The number of benzene rings is 1. The maximum atomic E-state index is 13.9. The number of aliphatic hydroxyl groups excluding tert-OH is 1. The number of anilines is 1. The van der Waals surface area contributed by atoms with Crippen LogP contribution in [-0.2, 0) is 0 Å². The largest absolute Gasteiger partial charge is 0.395 e. The minimum Gasteiger partial charge on any atom is -0.395 e. The fraction of sp³-hybridized carbons (Fsp3) is 0.533. The molecule has 1 aromatic rings. The maximum absolute atomic E-state index is 13.9. The molecule has 0 saturated heterocycles. The van der Waals surface area contributed by atoms with Gasteiger partial charge in [-0.15, -0.1) is 0 Å². The number of hydrogen-bond acceptors (Lipinski definition) is 3. The molecule has 112 valence electrons. The van der Waals surface area contributed by atoms with Crippen LogP contribution in [0.25, 0.3) is 0 Å². The molecule has 0 aromatic heterocycles. The number of rotatable bonds is 8. The van der Waals surface area contributed by atoms with Crippen LogP contribution in [0.5, 0.6) is 0 Å². The van der Waals surface area contributed by atoms with E-state index in [1.54, 1.807) is 11.0 Å². The lowest BCUT2D eigenvalue weighted by Gasteiger charge is -2.23. The molecule has 1 amide bonds. The van der Waals surface area contributed by atoms with E-state index in [2.05, 4.69) is 5.32 Å². The molecule has 0 aliphatic heterocycles. The third-order valence-corrected chi connectivity index (χ3v) is 2.95. The number of para-hydroxylation sites is 1. The first-order chi connectivity index (χ1) is 9.65. The summed E-state index contributed by atoms with van der Waals surface area (Å²) in [4.78, 5) is 14.0. The summed E-state index contributed by atoms with van der Waals surface area (Å²) in [5, 5.41) is 12.0. The van der Waals surface area contributed by atoms with Crippen molar-refractivity contribution >= 4 is 11.6 Å². The van der Waals surface area contributed by atoms with Crippen molar-refractivity contribution in [2.24, 2.45) is 0 Å². The Kier molecular flexibility index (Phi) is 7.01. The summed E-state index contributed by atoms with van der Waals surface area (Å²) < 4.78 is 13.9. The van der Waals surface area contributed by atoms with Gasteiger partial charge in [0.05, 0.1) is 17.9 Å². The number of aliphatic hydroxyl groups is 1. The summed E-state index contributed by atoms with van der Waals surface area (Å²) in [5.74, 6) is -0.677. The van der Waals surface area contributed by atoms with Crippen molar-refractivity contribution < 1.29 is 14.3 Å². The second-order valence-corrected chi connectivity index (χ2v) is 4.60. The molecular weight excluding hydrogens is 259 g/mol. The molecule has 0 atom stereocenters. The zero-order chi connectivity index (χ0) is 15.0. The predicted octanol–water partition coefficient (Wildman–Crippen LogP) is 2.49. The van der Waals surface area contributed by atoms with Crippen LogP contribution in [-0.4, -0.2) is 42.2 Å². The second-order valence-electron chi connectivity index (χ2n) is 4.60. The van der Waals surface area contributed by atoms with Gasteiger partial charge in [0.1, 0.15) is 5.82 Å². The lowest BCUT2D eigenvalue weighted by atomic mass is 10.1. The number of carbonyl (C=O) groups is 1. The van der Waals surface area contributed by atoms with Crippen molar-refractivity contribution in [1.29, 1.82) is 0 Å². The first-order valence-corrected chi connectivity index (χ1v) is 7.08. The van der Waals surface area contributed by atoms with Crippen molar-refractivity contribution in [2.75, 3.05) is 31.6 Å². The number of carbonyl (C=O) groups excluding carboxylic acids is 1. The fourth-order valence-corrected chi connectivity index (χ4v) is 2.01. The smallest absolute Gasteiger partial charge is 0.256 e. The third-order valence-electron chi connectivity index (χ3n) is 2.95. The molecule has 0 unspecified atom stereocenters. The first-order valence-electron chi connectivity index (χ1n) is 7.08. The van der Waals surface area contributed by atoms with Crippen molar-refractivity contribution in [3.63, 3.8) is 0 Å². The van der Waals surface area contributed by atoms with E-state index in [0.717, 1.165) is 12.8 Å². The topological polar surface area (TPSA) is 52.6 Å². The van der Waals surface area contributed by atoms with E-state index in [-0.39, 0.29) is 24.7 Å². The highest BCUT2D eigenvalue weighted by atomic mass is 19.1. The van der Waals surface area contributed by atoms with Gasteiger partial charge in [-0.1, -0.05) is 19.9 Å². The number of nitrogens with one attached hydrogen (secondary N) is 1. The molecular formula is C15H23FN2O2. The van der Waals surface area contributed by atoms with E-state index < -0.39 is 5.82 Å². The van der Waals surface area contributed by atoms with E-state index in [9.17, 15) is 9.18 Å². The average Bonchev–Trinajstić information content (AvgIpc) is 2.45. The Labute approximate surface area is 119 Å². The van der Waals surface area contributed by atoms with Crippen molar-refractivity contribution in [3.8, 4) is 0 Å². The van der Waals surface area contributed by atoms with Gasteiger partial charge in [0.2, 0.25) is 0 Å². The molecule has 0 spiro atoms. The van der Waals surface area contributed by atoms with Gasteiger partial charge in [0.25, 0.3) is 5.91 Å². The van der Waals surface area contributed by atoms with Gasteiger partial charge in [-0.05, 0) is 25.0 Å². The van der Waals surface area contributed by atoms with Gasteiger partial charge in [-0.3, -0.25) is 4.79 Å². The highest BCUT2D eigenvalue weighted by molar-refractivity contribution is 5.99. The third kappa shape index (κ3) is 4.20. The molecule has 4 nitrogen and oxygen atoms in total. The number of hydrogen-bond donors (Lipinski definition) is 2. The number of halogens is 1. The Morgan fingerprint density at radius 1 is 1.30 bits per heavy atom. The van der Waals surface area contributed by atoms with Crippen LogP contribution in [0.1, 0.15) is 37.0 Å². The minimum absolute atomic E-state index is 0.0984. The molecule has 2 N–H and O–H groups in total. The van der Waals surface area contributed by atoms with Gasteiger partial charge < -0.3 is 15.3 Å². The standard InChI is InChI=1S/C15H23FN2O2/c1-3-8-17-14-12(6-5-7-13(14)16)15(20)18(9-4-2)10-11-19/h5-7,17,19H,3-4,8-11H2,1-2H3. The zero-order valence-corrected chi connectivity index (χ0v) is 12.2. The number of amides is 1. The second kappa shape index (κ2) is 8.53. The molecule has 0 heterocycles. The van der Waals surface area contributed by atoms with Crippen molar-refractivity contribution in [1.82, 2.24) is 4.90 Å². The Morgan fingerprint density at radius 2 is 2.05 bits per heavy atom. The van der Waals surface area contributed by atoms with Crippen molar-refractivity contribution in [3.05, 3.63) is 29.6 Å². The quantitative estimate of drug-likeness (QED) is 0.770. The number of nitrogens with zero attached hydrogens (tertiary/aromatic N) is 1. The lowest BCUT2D eigenvalue weighted by Crippen LogP contribution is -2.34. The van der Waals surface area contributed by atoms with E-state index in [0.29, 0.717) is 18.7 Å². The van der Waals surface area contributed by atoms with Crippen LogP contribution in [0, 0.1) is 5.82 Å². The molecule has 1 aromatic carbocycles. The van der Waals surface area contributed by atoms with Crippen LogP contribution >= 0.6 is 0 Å². The van der Waals surface area contributed by atoms with E-state index in [4.69, 9.17) is 5.11 Å². The molecule has 0 aliphatic rings. The normalized spacial score (nSPS) is 10.4. The Morgan fingerprint density at radius 3 is 2.65 bits per heavy atom. The van der Waals surface area contributed by atoms with Crippen LogP contribution in [0.3, 0.4) is 0 Å². The van der Waals surface area contributed by atoms with E-state index >= 15 is 0 Å². The Balaban J connectivity index is 3.03. The Bertz CT molecular complexity index is 432. The summed E-state index contributed by atoms with van der Waals surface area (Å²) in [6.45, 7) is 5.25. The zero-order valence-electron chi connectivity index (χ0n) is 12.2. The minimum atomic E-state index is -0.426. The predicted molar refractivity (Wildman–Crippen MR) is 78.5 cm³/mol. The maximum Gasteiger partial charge on any atom is 0.256 e. The molecule has 1 rings (SSSR count). The molecule has 0 bridgehead atoms. The Hall–Kier alpha value is -1.62. The van der Waals surface area contributed by atoms with Crippen LogP contribution in [0.2, 0.25) is 0 Å². The summed E-state index contributed by atoms with van der Waals surface area (Å²) in [7, 11) is 0. The van der Waals surface area contributed by atoms with E-state index in [1.807, 2.05) is 13.8 Å². The summed E-state index contributed by atoms with van der Waals surface area (Å²) >= 11 is 0. The lowest BCUT2D eigenvalue weighted by molar-refractivity contribution is 0.0722.